The van der Waals surface area contributed by atoms with Gasteiger partial charge in [0.2, 0.25) is 0 Å². The van der Waals surface area contributed by atoms with Crippen molar-refractivity contribution in [3.8, 4) is 17.6 Å². The average Bonchev–Trinajstić information content (AvgIpc) is 3.27. The molecule has 1 fully saturated rings. The number of hydrogen-bond donors (Lipinski definition) is 2. The number of anilines is 1. The molecule has 214 valence electrons. The quantitative estimate of drug-likeness (QED) is 0.415. The maximum Gasteiger partial charge on any atom is 0.406 e. The summed E-state index contributed by atoms with van der Waals surface area (Å²) in [5.41, 5.74) is 1.36. The van der Waals surface area contributed by atoms with E-state index in [-0.39, 0.29) is 34.1 Å². The third-order valence-corrected chi connectivity index (χ3v) is 7.68. The normalized spacial score (nSPS) is 14.9. The number of nitrogens with one attached hydrogen (secondary N) is 2. The van der Waals surface area contributed by atoms with Crippen molar-refractivity contribution >= 4 is 32.5 Å². The second-order valence-electron chi connectivity index (χ2n) is 9.72. The van der Waals surface area contributed by atoms with Crippen molar-refractivity contribution in [3.05, 3.63) is 47.8 Å². The third-order valence-electron chi connectivity index (χ3n) is 6.57. The van der Waals surface area contributed by atoms with Gasteiger partial charge >= 0.3 is 6.18 Å². The van der Waals surface area contributed by atoms with Crippen LogP contribution >= 0.6 is 0 Å². The molecule has 3 aromatic rings. The van der Waals surface area contributed by atoms with Gasteiger partial charge in [-0.2, -0.15) is 13.2 Å². The highest BCUT2D eigenvalue weighted by Crippen LogP contribution is 2.28. The van der Waals surface area contributed by atoms with Gasteiger partial charge in [-0.25, -0.2) is 13.4 Å². The zero-order valence-electron chi connectivity index (χ0n) is 22.3. The van der Waals surface area contributed by atoms with Gasteiger partial charge in [0.1, 0.15) is 17.8 Å². The van der Waals surface area contributed by atoms with E-state index in [2.05, 4.69) is 32.4 Å². The van der Waals surface area contributed by atoms with Crippen LogP contribution in [0.15, 0.2) is 41.6 Å². The van der Waals surface area contributed by atoms with Crippen molar-refractivity contribution in [2.45, 2.75) is 36.5 Å². The van der Waals surface area contributed by atoms with Crippen molar-refractivity contribution in [2.24, 2.45) is 0 Å². The van der Waals surface area contributed by atoms with Crippen LogP contribution in [0.5, 0.6) is 5.75 Å². The van der Waals surface area contributed by atoms with Crippen molar-refractivity contribution in [2.75, 3.05) is 45.4 Å². The number of sulfone groups is 1. The second-order valence-corrected chi connectivity index (χ2v) is 11.7. The van der Waals surface area contributed by atoms with Crippen LogP contribution in [0.3, 0.4) is 0 Å². The number of ether oxygens (including phenoxy) is 1. The minimum atomic E-state index is -4.47. The lowest BCUT2D eigenvalue weighted by Crippen LogP contribution is -2.43. The van der Waals surface area contributed by atoms with Gasteiger partial charge in [-0.3, -0.25) is 4.79 Å². The first-order valence-electron chi connectivity index (χ1n) is 12.5. The fraction of sp³-hybridized carbons (Fsp3) is 0.407. The molecule has 1 aromatic heterocycles. The fourth-order valence-corrected chi connectivity index (χ4v) is 5.11. The Morgan fingerprint density at radius 2 is 1.93 bits per heavy atom. The number of carbonyl (C=O) groups excluding carboxylic acids is 1. The van der Waals surface area contributed by atoms with Crippen molar-refractivity contribution in [1.29, 1.82) is 0 Å². The molecule has 0 unspecified atom stereocenters. The standard InChI is InChI=1S/C27H30F3N5O4S/c1-34-11-8-19(9-12-34)33-26(36)21-13-18(14-23-25(21)32-17-35(23)16-27(28,29)30)5-4-10-31-22-7-6-20(40(3,37)38)15-24(22)39-2/h6-7,13-15,17,19,31H,8-12,16H2,1-3H3,(H,33,36). The molecule has 0 radical (unpaired) electrons. The van der Waals surface area contributed by atoms with E-state index in [1.807, 2.05) is 7.05 Å². The molecule has 0 atom stereocenters. The summed E-state index contributed by atoms with van der Waals surface area (Å²) in [7, 11) is 0.00608. The largest absolute Gasteiger partial charge is 0.495 e. The van der Waals surface area contributed by atoms with E-state index in [1.165, 1.54) is 31.4 Å². The Morgan fingerprint density at radius 1 is 1.20 bits per heavy atom. The van der Waals surface area contributed by atoms with E-state index >= 15 is 0 Å². The van der Waals surface area contributed by atoms with Crippen molar-refractivity contribution in [3.63, 3.8) is 0 Å². The van der Waals surface area contributed by atoms with Crippen LogP contribution < -0.4 is 15.4 Å². The number of halogens is 3. The Balaban J connectivity index is 1.60. The van der Waals surface area contributed by atoms with E-state index in [9.17, 15) is 26.4 Å². The average molecular weight is 578 g/mol. The first kappa shape index (κ1) is 29.2. The minimum absolute atomic E-state index is 0.0426. The summed E-state index contributed by atoms with van der Waals surface area (Å²) in [6.45, 7) is 0.536. The summed E-state index contributed by atoms with van der Waals surface area (Å²) in [5.74, 6) is 5.71. The first-order chi connectivity index (χ1) is 18.8. The zero-order chi connectivity index (χ0) is 29.1. The van der Waals surface area contributed by atoms with Crippen LogP contribution in [0.1, 0.15) is 28.8 Å². The molecule has 0 aliphatic carbocycles. The smallest absolute Gasteiger partial charge is 0.406 e. The van der Waals surface area contributed by atoms with Crippen LogP contribution in [0.2, 0.25) is 0 Å². The Kier molecular flexibility index (Phi) is 8.60. The number of alkyl halides is 3. The number of hydrogen-bond acceptors (Lipinski definition) is 7. The number of piperidine rings is 1. The Hall–Kier alpha value is -3.76. The van der Waals surface area contributed by atoms with Crippen LogP contribution in [-0.4, -0.2) is 81.0 Å². The van der Waals surface area contributed by atoms with Gasteiger partial charge in [-0.1, -0.05) is 11.8 Å². The molecular formula is C27H30F3N5O4S. The Bertz CT molecular complexity index is 1570. The van der Waals surface area contributed by atoms with Crippen LogP contribution in [0.25, 0.3) is 11.0 Å². The van der Waals surface area contributed by atoms with Gasteiger partial charge in [-0.05, 0) is 57.2 Å². The zero-order valence-corrected chi connectivity index (χ0v) is 23.1. The van der Waals surface area contributed by atoms with Crippen LogP contribution in [0, 0.1) is 11.8 Å². The number of methoxy groups -OCH3 is 1. The van der Waals surface area contributed by atoms with Gasteiger partial charge in [-0.15, -0.1) is 0 Å². The summed E-state index contributed by atoms with van der Waals surface area (Å²) in [4.78, 5) is 19.6. The highest BCUT2D eigenvalue weighted by atomic mass is 32.2. The maximum absolute atomic E-state index is 13.2. The summed E-state index contributed by atoms with van der Waals surface area (Å²) in [5, 5.41) is 6.03. The van der Waals surface area contributed by atoms with Gasteiger partial charge < -0.3 is 24.8 Å². The fourth-order valence-electron chi connectivity index (χ4n) is 4.48. The molecule has 1 saturated heterocycles. The van der Waals surface area contributed by atoms with E-state index in [0.717, 1.165) is 43.1 Å². The van der Waals surface area contributed by atoms with Gasteiger partial charge in [0.05, 0.1) is 41.6 Å². The molecule has 1 amide bonds. The lowest BCUT2D eigenvalue weighted by Gasteiger charge is -2.29. The van der Waals surface area contributed by atoms with Gasteiger partial charge in [0.15, 0.2) is 9.84 Å². The predicted molar refractivity (Wildman–Crippen MR) is 145 cm³/mol. The lowest BCUT2D eigenvalue weighted by molar-refractivity contribution is -0.139. The molecule has 2 heterocycles. The number of aromatic nitrogens is 2. The van der Waals surface area contributed by atoms with E-state index in [1.54, 1.807) is 6.07 Å². The molecule has 0 bridgehead atoms. The predicted octanol–water partition coefficient (Wildman–Crippen LogP) is 3.30. The highest BCUT2D eigenvalue weighted by molar-refractivity contribution is 7.90. The summed E-state index contributed by atoms with van der Waals surface area (Å²) in [6.07, 6.45) is -0.751. The molecule has 40 heavy (non-hydrogen) atoms. The second kappa shape index (κ2) is 11.8. The molecule has 2 aromatic carbocycles. The van der Waals surface area contributed by atoms with Gasteiger partial charge in [0, 0.05) is 23.9 Å². The molecular weight excluding hydrogens is 547 g/mol. The van der Waals surface area contributed by atoms with E-state index < -0.39 is 28.5 Å². The molecule has 4 rings (SSSR count). The number of imidazole rings is 1. The minimum Gasteiger partial charge on any atom is -0.495 e. The van der Waals surface area contributed by atoms with Crippen LogP contribution in [0.4, 0.5) is 18.9 Å². The first-order valence-corrected chi connectivity index (χ1v) is 14.4. The van der Waals surface area contributed by atoms with Gasteiger partial charge in [0.25, 0.3) is 5.91 Å². The summed E-state index contributed by atoms with van der Waals surface area (Å²) in [6, 6.07) is 7.37. The Labute approximate surface area is 230 Å². The number of fused-ring (bicyclic) bond motifs is 1. The number of rotatable bonds is 7. The van der Waals surface area contributed by atoms with E-state index in [0.29, 0.717) is 17.0 Å². The topological polar surface area (TPSA) is 106 Å². The number of amides is 1. The monoisotopic (exact) mass is 577 g/mol. The molecule has 1 aliphatic rings. The molecule has 2 N–H and O–H groups in total. The number of carbonyl (C=O) groups is 1. The summed E-state index contributed by atoms with van der Waals surface area (Å²) >= 11 is 0. The summed E-state index contributed by atoms with van der Waals surface area (Å²) < 4.78 is 69.4. The number of likely N-dealkylation sites (tertiary alicyclic amines) is 1. The SMILES string of the molecule is COc1cc(S(C)(=O)=O)ccc1NCC#Cc1cc(C(=O)NC2CCN(C)CC2)c2ncn(CC(F)(F)F)c2c1. The van der Waals surface area contributed by atoms with Crippen LogP contribution in [-0.2, 0) is 16.4 Å². The molecule has 9 nitrogen and oxygen atoms in total. The Morgan fingerprint density at radius 3 is 2.58 bits per heavy atom. The third kappa shape index (κ3) is 7.25. The molecule has 13 heteroatoms. The molecule has 0 saturated carbocycles. The lowest BCUT2D eigenvalue weighted by atomic mass is 10.0. The highest BCUT2D eigenvalue weighted by Gasteiger charge is 2.29. The number of benzene rings is 2. The molecule has 0 spiro atoms. The number of nitrogens with zero attached hydrogens (tertiary/aromatic N) is 3. The maximum atomic E-state index is 13.2. The van der Waals surface area contributed by atoms with Crippen molar-refractivity contribution < 1.29 is 31.1 Å². The van der Waals surface area contributed by atoms with E-state index in [4.69, 9.17) is 4.74 Å². The van der Waals surface area contributed by atoms with Crippen molar-refractivity contribution in [1.82, 2.24) is 19.8 Å². The molecule has 1 aliphatic heterocycles.